The van der Waals surface area contributed by atoms with Crippen LogP contribution in [0.1, 0.15) is 59.3 Å². The predicted molar refractivity (Wildman–Crippen MR) is 78.6 cm³/mol. The van der Waals surface area contributed by atoms with Crippen LogP contribution in [0.2, 0.25) is 0 Å². The summed E-state index contributed by atoms with van der Waals surface area (Å²) < 4.78 is 0. The minimum Gasteiger partial charge on any atom is -0.481 e. The van der Waals surface area contributed by atoms with Gasteiger partial charge in [-0.15, -0.1) is 0 Å². The summed E-state index contributed by atoms with van der Waals surface area (Å²) in [5.74, 6) is 0.218. The number of hydrogen-bond donors (Lipinski definition) is 3. The highest BCUT2D eigenvalue weighted by atomic mass is 16.4. The number of carboxylic acid groups (broad SMARTS) is 1. The monoisotopic (exact) mass is 284 g/mol. The molecule has 0 saturated heterocycles. The minimum atomic E-state index is -0.750. The van der Waals surface area contributed by atoms with Crippen LogP contribution in [0.25, 0.3) is 0 Å². The van der Waals surface area contributed by atoms with E-state index in [4.69, 9.17) is 5.11 Å². The van der Waals surface area contributed by atoms with E-state index in [9.17, 15) is 9.59 Å². The summed E-state index contributed by atoms with van der Waals surface area (Å²) in [5.41, 5.74) is -0.127. The van der Waals surface area contributed by atoms with Crippen molar-refractivity contribution < 1.29 is 14.7 Å². The van der Waals surface area contributed by atoms with Gasteiger partial charge < -0.3 is 15.7 Å². The second kappa shape index (κ2) is 7.50. The van der Waals surface area contributed by atoms with Crippen molar-refractivity contribution in [2.75, 3.05) is 6.54 Å². The summed E-state index contributed by atoms with van der Waals surface area (Å²) in [6.07, 6.45) is 5.06. The summed E-state index contributed by atoms with van der Waals surface area (Å²) in [6, 6.07) is -0.116. The first-order valence-electron chi connectivity index (χ1n) is 7.63. The number of hydrogen-bond acceptors (Lipinski definition) is 2. The Morgan fingerprint density at radius 1 is 1.30 bits per heavy atom. The van der Waals surface area contributed by atoms with Crippen LogP contribution < -0.4 is 10.6 Å². The molecule has 1 aliphatic carbocycles. The SMILES string of the molecule is CCC(CCNC(=O)NC(C)(C)C1CC1)CCC(=O)O. The standard InChI is InChI=1S/C15H28N2O3/c1-4-11(5-8-13(18)19)9-10-16-14(20)17-15(2,3)12-6-7-12/h11-12H,4-10H2,1-3H3,(H,18,19)(H2,16,17,20). The van der Waals surface area contributed by atoms with Gasteiger partial charge in [0.05, 0.1) is 0 Å². The quantitative estimate of drug-likeness (QED) is 0.609. The first-order chi connectivity index (χ1) is 9.35. The largest absolute Gasteiger partial charge is 0.481 e. The molecule has 0 heterocycles. The first-order valence-corrected chi connectivity index (χ1v) is 7.63. The van der Waals surface area contributed by atoms with Gasteiger partial charge in [-0.3, -0.25) is 4.79 Å². The van der Waals surface area contributed by atoms with Gasteiger partial charge in [-0.05, 0) is 51.4 Å². The van der Waals surface area contributed by atoms with Crippen molar-refractivity contribution in [1.29, 1.82) is 0 Å². The molecular weight excluding hydrogens is 256 g/mol. The number of amides is 2. The minimum absolute atomic E-state index is 0.116. The van der Waals surface area contributed by atoms with Crippen LogP contribution in [0.4, 0.5) is 4.79 Å². The van der Waals surface area contributed by atoms with Crippen LogP contribution in [0, 0.1) is 11.8 Å². The lowest BCUT2D eigenvalue weighted by Crippen LogP contribution is -2.50. The number of carbonyl (C=O) groups excluding carboxylic acids is 1. The van der Waals surface area contributed by atoms with Gasteiger partial charge in [0, 0.05) is 18.5 Å². The fourth-order valence-electron chi connectivity index (χ4n) is 2.51. The van der Waals surface area contributed by atoms with Crippen molar-refractivity contribution in [2.24, 2.45) is 11.8 Å². The maximum atomic E-state index is 11.8. The average Bonchev–Trinajstić information content (AvgIpc) is 3.16. The van der Waals surface area contributed by atoms with E-state index in [0.717, 1.165) is 12.8 Å². The van der Waals surface area contributed by atoms with Crippen LogP contribution >= 0.6 is 0 Å². The van der Waals surface area contributed by atoms with Gasteiger partial charge in [0.25, 0.3) is 0 Å². The summed E-state index contributed by atoms with van der Waals surface area (Å²) in [7, 11) is 0. The van der Waals surface area contributed by atoms with E-state index in [-0.39, 0.29) is 18.0 Å². The van der Waals surface area contributed by atoms with Crippen LogP contribution in [0.3, 0.4) is 0 Å². The fraction of sp³-hybridized carbons (Fsp3) is 0.867. The zero-order valence-electron chi connectivity index (χ0n) is 12.9. The number of carboxylic acids is 1. The Labute approximate surface area is 121 Å². The zero-order valence-corrected chi connectivity index (χ0v) is 12.9. The maximum absolute atomic E-state index is 11.8. The Morgan fingerprint density at radius 2 is 1.95 bits per heavy atom. The third-order valence-corrected chi connectivity index (χ3v) is 4.22. The van der Waals surface area contributed by atoms with Crippen LogP contribution in [0.15, 0.2) is 0 Å². The highest BCUT2D eigenvalue weighted by Gasteiger charge is 2.38. The molecule has 0 spiro atoms. The van der Waals surface area contributed by atoms with Crippen molar-refractivity contribution in [1.82, 2.24) is 10.6 Å². The molecule has 2 amide bonds. The van der Waals surface area contributed by atoms with E-state index >= 15 is 0 Å². The highest BCUT2D eigenvalue weighted by molar-refractivity contribution is 5.74. The van der Waals surface area contributed by atoms with Gasteiger partial charge in [-0.1, -0.05) is 13.3 Å². The molecule has 0 aromatic heterocycles. The Bertz CT molecular complexity index is 338. The van der Waals surface area contributed by atoms with Gasteiger partial charge in [0.15, 0.2) is 0 Å². The molecule has 3 N–H and O–H groups in total. The lowest BCUT2D eigenvalue weighted by Gasteiger charge is -2.26. The van der Waals surface area contributed by atoms with Crippen molar-refractivity contribution in [3.8, 4) is 0 Å². The number of urea groups is 1. The van der Waals surface area contributed by atoms with Gasteiger partial charge in [0.2, 0.25) is 0 Å². The van der Waals surface area contributed by atoms with Crippen LogP contribution in [-0.4, -0.2) is 29.2 Å². The van der Waals surface area contributed by atoms with E-state index in [1.165, 1.54) is 12.8 Å². The van der Waals surface area contributed by atoms with Crippen molar-refractivity contribution >= 4 is 12.0 Å². The molecule has 0 radical (unpaired) electrons. The molecule has 0 aliphatic heterocycles. The van der Waals surface area contributed by atoms with Crippen LogP contribution in [0.5, 0.6) is 0 Å². The molecule has 20 heavy (non-hydrogen) atoms. The molecule has 0 bridgehead atoms. The predicted octanol–water partition coefficient (Wildman–Crippen LogP) is 2.76. The number of carbonyl (C=O) groups is 2. The third-order valence-electron chi connectivity index (χ3n) is 4.22. The zero-order chi connectivity index (χ0) is 15.2. The third kappa shape index (κ3) is 6.26. The molecule has 1 rings (SSSR count). The molecular formula is C15H28N2O3. The molecule has 0 aromatic rings. The van der Waals surface area contributed by atoms with Crippen LogP contribution in [-0.2, 0) is 4.79 Å². The van der Waals surface area contributed by atoms with E-state index in [0.29, 0.717) is 24.8 Å². The number of nitrogens with one attached hydrogen (secondary N) is 2. The summed E-state index contributed by atoms with van der Waals surface area (Å²) in [5, 5.41) is 14.6. The highest BCUT2D eigenvalue weighted by Crippen LogP contribution is 2.39. The Hall–Kier alpha value is -1.26. The number of rotatable bonds is 9. The molecule has 5 heteroatoms. The molecule has 116 valence electrons. The molecule has 5 nitrogen and oxygen atoms in total. The lowest BCUT2D eigenvalue weighted by molar-refractivity contribution is -0.137. The molecule has 1 fully saturated rings. The Balaban J connectivity index is 2.18. The van der Waals surface area contributed by atoms with E-state index in [1.54, 1.807) is 0 Å². The average molecular weight is 284 g/mol. The smallest absolute Gasteiger partial charge is 0.315 e. The van der Waals surface area contributed by atoms with Gasteiger partial charge in [-0.2, -0.15) is 0 Å². The molecule has 1 unspecified atom stereocenters. The van der Waals surface area contributed by atoms with Crippen molar-refractivity contribution in [3.05, 3.63) is 0 Å². The second-order valence-electron chi connectivity index (χ2n) is 6.37. The van der Waals surface area contributed by atoms with Gasteiger partial charge >= 0.3 is 12.0 Å². The van der Waals surface area contributed by atoms with Crippen molar-refractivity contribution in [3.63, 3.8) is 0 Å². The number of aliphatic carboxylic acids is 1. The molecule has 1 saturated carbocycles. The molecule has 1 atom stereocenters. The summed E-state index contributed by atoms with van der Waals surface area (Å²) in [6.45, 7) is 6.78. The molecule has 0 aromatic carbocycles. The van der Waals surface area contributed by atoms with Gasteiger partial charge in [-0.25, -0.2) is 4.79 Å². The fourth-order valence-corrected chi connectivity index (χ4v) is 2.51. The Morgan fingerprint density at radius 3 is 2.45 bits per heavy atom. The van der Waals surface area contributed by atoms with E-state index in [2.05, 4.69) is 31.4 Å². The summed E-state index contributed by atoms with van der Waals surface area (Å²) in [4.78, 5) is 22.4. The first kappa shape index (κ1) is 16.8. The topological polar surface area (TPSA) is 78.4 Å². The second-order valence-corrected chi connectivity index (χ2v) is 6.37. The van der Waals surface area contributed by atoms with Crippen molar-refractivity contribution in [2.45, 2.75) is 64.8 Å². The van der Waals surface area contributed by atoms with E-state index in [1.807, 2.05) is 0 Å². The lowest BCUT2D eigenvalue weighted by atomic mass is 9.96. The normalized spacial score (nSPS) is 16.6. The summed E-state index contributed by atoms with van der Waals surface area (Å²) >= 11 is 0. The van der Waals surface area contributed by atoms with Gasteiger partial charge in [0.1, 0.15) is 0 Å². The van der Waals surface area contributed by atoms with E-state index < -0.39 is 5.97 Å². The Kier molecular flexibility index (Phi) is 6.30. The molecule has 1 aliphatic rings. The maximum Gasteiger partial charge on any atom is 0.315 e.